The number of nitrogens with one attached hydrogen (secondary N) is 1. The van der Waals surface area contributed by atoms with Crippen LogP contribution < -0.4 is 5.32 Å². The molecule has 0 spiro atoms. The molecule has 0 aliphatic carbocycles. The lowest BCUT2D eigenvalue weighted by Crippen LogP contribution is -2.22. The standard InChI is InChI=1S/C10H19N3O/c1-8(14)4-5-11-9(2)10-6-12-13(3)7-10/h6-9,11,14H,4-5H2,1-3H3/t8-,9+/m1/s1. The zero-order chi connectivity index (χ0) is 10.6. The van der Waals surface area contributed by atoms with E-state index < -0.39 is 0 Å². The van der Waals surface area contributed by atoms with Gasteiger partial charge in [-0.25, -0.2) is 0 Å². The van der Waals surface area contributed by atoms with Gasteiger partial charge in [-0.2, -0.15) is 5.10 Å². The van der Waals surface area contributed by atoms with E-state index in [0.717, 1.165) is 13.0 Å². The minimum atomic E-state index is -0.233. The van der Waals surface area contributed by atoms with E-state index in [9.17, 15) is 0 Å². The predicted molar refractivity (Wildman–Crippen MR) is 55.9 cm³/mol. The van der Waals surface area contributed by atoms with Crippen LogP contribution >= 0.6 is 0 Å². The van der Waals surface area contributed by atoms with Gasteiger partial charge < -0.3 is 10.4 Å². The maximum Gasteiger partial charge on any atom is 0.0537 e. The van der Waals surface area contributed by atoms with Crippen molar-refractivity contribution in [1.29, 1.82) is 0 Å². The van der Waals surface area contributed by atoms with Gasteiger partial charge in [0, 0.05) is 24.8 Å². The highest BCUT2D eigenvalue weighted by molar-refractivity contribution is 5.08. The van der Waals surface area contributed by atoms with Crippen LogP contribution in [0.5, 0.6) is 0 Å². The highest BCUT2D eigenvalue weighted by Gasteiger charge is 2.06. The van der Waals surface area contributed by atoms with E-state index in [-0.39, 0.29) is 6.10 Å². The van der Waals surface area contributed by atoms with Crippen LogP contribution in [0.2, 0.25) is 0 Å². The molecule has 0 amide bonds. The van der Waals surface area contributed by atoms with Crippen molar-refractivity contribution in [2.45, 2.75) is 32.4 Å². The molecule has 80 valence electrons. The van der Waals surface area contributed by atoms with Crippen LogP contribution in [0.4, 0.5) is 0 Å². The van der Waals surface area contributed by atoms with Crippen molar-refractivity contribution in [3.8, 4) is 0 Å². The Bertz CT molecular complexity index is 270. The molecule has 1 aromatic heterocycles. The second-order valence-corrected chi connectivity index (χ2v) is 3.76. The van der Waals surface area contributed by atoms with E-state index in [1.54, 1.807) is 11.6 Å². The average molecular weight is 197 g/mol. The highest BCUT2D eigenvalue weighted by atomic mass is 16.3. The Hall–Kier alpha value is -0.870. The van der Waals surface area contributed by atoms with Gasteiger partial charge in [0.25, 0.3) is 0 Å². The fraction of sp³-hybridized carbons (Fsp3) is 0.700. The second-order valence-electron chi connectivity index (χ2n) is 3.76. The molecular weight excluding hydrogens is 178 g/mol. The van der Waals surface area contributed by atoms with Crippen molar-refractivity contribution in [1.82, 2.24) is 15.1 Å². The molecule has 1 heterocycles. The Morgan fingerprint density at radius 1 is 1.57 bits per heavy atom. The molecule has 0 bridgehead atoms. The summed E-state index contributed by atoms with van der Waals surface area (Å²) in [5.74, 6) is 0. The summed E-state index contributed by atoms with van der Waals surface area (Å²) >= 11 is 0. The van der Waals surface area contributed by atoms with Crippen molar-refractivity contribution in [3.63, 3.8) is 0 Å². The molecule has 0 aliphatic heterocycles. The van der Waals surface area contributed by atoms with Crippen molar-refractivity contribution in [2.24, 2.45) is 7.05 Å². The number of hydrogen-bond donors (Lipinski definition) is 2. The molecule has 1 aromatic rings. The van der Waals surface area contributed by atoms with E-state index >= 15 is 0 Å². The van der Waals surface area contributed by atoms with E-state index in [1.807, 2.05) is 19.4 Å². The summed E-state index contributed by atoms with van der Waals surface area (Å²) in [6, 6.07) is 0.294. The van der Waals surface area contributed by atoms with E-state index in [2.05, 4.69) is 17.3 Å². The van der Waals surface area contributed by atoms with Crippen LogP contribution in [0.1, 0.15) is 31.9 Å². The van der Waals surface area contributed by atoms with Crippen LogP contribution in [0.25, 0.3) is 0 Å². The molecule has 4 nitrogen and oxygen atoms in total. The third kappa shape index (κ3) is 3.47. The lowest BCUT2D eigenvalue weighted by Gasteiger charge is -2.12. The number of aliphatic hydroxyl groups excluding tert-OH is 1. The smallest absolute Gasteiger partial charge is 0.0537 e. The number of aryl methyl sites for hydroxylation is 1. The Balaban J connectivity index is 2.32. The zero-order valence-electron chi connectivity index (χ0n) is 9.07. The Labute approximate surface area is 84.9 Å². The van der Waals surface area contributed by atoms with Crippen molar-refractivity contribution in [2.75, 3.05) is 6.54 Å². The SMILES string of the molecule is C[C@H](NCC[C@@H](C)O)c1cnn(C)c1. The van der Waals surface area contributed by atoms with Gasteiger partial charge in [-0.1, -0.05) is 0 Å². The molecule has 2 N–H and O–H groups in total. The summed E-state index contributed by atoms with van der Waals surface area (Å²) in [6.07, 6.45) is 4.41. The molecule has 0 radical (unpaired) electrons. The average Bonchev–Trinajstić information content (AvgIpc) is 2.51. The normalized spacial score (nSPS) is 15.4. The summed E-state index contributed by atoms with van der Waals surface area (Å²) < 4.78 is 1.79. The Morgan fingerprint density at radius 2 is 2.29 bits per heavy atom. The highest BCUT2D eigenvalue weighted by Crippen LogP contribution is 2.09. The van der Waals surface area contributed by atoms with Crippen molar-refractivity contribution in [3.05, 3.63) is 18.0 Å². The second kappa shape index (κ2) is 5.12. The molecule has 1 rings (SSSR count). The first kappa shape index (κ1) is 11.2. The van der Waals surface area contributed by atoms with Crippen LogP contribution in [0.15, 0.2) is 12.4 Å². The molecule has 0 aliphatic rings. The van der Waals surface area contributed by atoms with Crippen molar-refractivity contribution < 1.29 is 5.11 Å². The van der Waals surface area contributed by atoms with Gasteiger partial charge in [0.15, 0.2) is 0 Å². The number of aromatic nitrogens is 2. The third-order valence-electron chi connectivity index (χ3n) is 2.24. The molecule has 0 fully saturated rings. The summed E-state index contributed by atoms with van der Waals surface area (Å²) in [5, 5.41) is 16.5. The summed E-state index contributed by atoms with van der Waals surface area (Å²) in [7, 11) is 1.91. The first-order valence-corrected chi connectivity index (χ1v) is 4.99. The van der Waals surface area contributed by atoms with Gasteiger partial charge in [0.05, 0.1) is 12.3 Å². The van der Waals surface area contributed by atoms with Crippen LogP contribution in [-0.2, 0) is 7.05 Å². The molecule has 0 saturated heterocycles. The number of aliphatic hydroxyl groups is 1. The molecule has 0 saturated carbocycles. The topological polar surface area (TPSA) is 50.1 Å². The quantitative estimate of drug-likeness (QED) is 0.735. The van der Waals surface area contributed by atoms with Gasteiger partial charge in [0.2, 0.25) is 0 Å². The predicted octanol–water partition coefficient (Wildman–Crippen LogP) is 0.842. The minimum absolute atomic E-state index is 0.233. The Morgan fingerprint density at radius 3 is 2.79 bits per heavy atom. The maximum absolute atomic E-state index is 9.08. The fourth-order valence-corrected chi connectivity index (χ4v) is 1.29. The van der Waals surface area contributed by atoms with Crippen molar-refractivity contribution >= 4 is 0 Å². The van der Waals surface area contributed by atoms with E-state index in [1.165, 1.54) is 5.56 Å². The molecule has 4 heteroatoms. The molecular formula is C10H19N3O. The lowest BCUT2D eigenvalue weighted by atomic mass is 10.2. The van der Waals surface area contributed by atoms with E-state index in [4.69, 9.17) is 5.11 Å². The minimum Gasteiger partial charge on any atom is -0.393 e. The number of rotatable bonds is 5. The summed E-state index contributed by atoms with van der Waals surface area (Å²) in [6.45, 7) is 4.73. The summed E-state index contributed by atoms with van der Waals surface area (Å²) in [4.78, 5) is 0. The summed E-state index contributed by atoms with van der Waals surface area (Å²) in [5.41, 5.74) is 1.18. The van der Waals surface area contributed by atoms with Crippen LogP contribution in [-0.4, -0.2) is 27.5 Å². The van der Waals surface area contributed by atoms with Gasteiger partial charge >= 0.3 is 0 Å². The van der Waals surface area contributed by atoms with Gasteiger partial charge in [0.1, 0.15) is 0 Å². The maximum atomic E-state index is 9.08. The van der Waals surface area contributed by atoms with Gasteiger partial charge in [-0.3, -0.25) is 4.68 Å². The van der Waals surface area contributed by atoms with Crippen LogP contribution in [0.3, 0.4) is 0 Å². The Kier molecular flexibility index (Phi) is 4.10. The number of hydrogen-bond acceptors (Lipinski definition) is 3. The fourth-order valence-electron chi connectivity index (χ4n) is 1.29. The van der Waals surface area contributed by atoms with E-state index in [0.29, 0.717) is 6.04 Å². The van der Waals surface area contributed by atoms with Gasteiger partial charge in [-0.15, -0.1) is 0 Å². The van der Waals surface area contributed by atoms with Gasteiger partial charge in [-0.05, 0) is 26.8 Å². The molecule has 14 heavy (non-hydrogen) atoms. The molecule has 0 unspecified atom stereocenters. The molecule has 0 aromatic carbocycles. The molecule has 2 atom stereocenters. The first-order chi connectivity index (χ1) is 6.59. The zero-order valence-corrected chi connectivity index (χ0v) is 9.07. The lowest BCUT2D eigenvalue weighted by molar-refractivity contribution is 0.182. The number of nitrogens with zero attached hydrogens (tertiary/aromatic N) is 2. The largest absolute Gasteiger partial charge is 0.393 e. The first-order valence-electron chi connectivity index (χ1n) is 4.99. The van der Waals surface area contributed by atoms with Crippen LogP contribution in [0, 0.1) is 0 Å². The monoisotopic (exact) mass is 197 g/mol. The third-order valence-corrected chi connectivity index (χ3v) is 2.24.